The topological polar surface area (TPSA) is 419 Å². The predicted octanol–water partition coefficient (Wildman–Crippen LogP) is 12.5. The standard InChI is InChI=1S/C36H35ClN6O6.C36H37ClN6O5.C34H32ClN5O6S/c1-41-22-26(32(40-41)29-21-27(37)11-14-31(29)44)10-7-24-8-12-28(13-9-24)38-34(45)30-23-49-20-17-43(30)35(46)33(25-5-3-2-4-6-25)39-36(47)42-15-18-48-19-16-42;1-36(2,3)40-35(47)39-32(24-8-6-5-7-9-24)34(46)43-18-19-48-22-29(43)33(45)38-27-15-11-23(12-16-27)10-13-25-21-42(4)41-31(25)28-20-26(37)14-17-30(28)44;1-39-20-24(31(37-39)28-19-25(35)11-16-30(28)41)10-7-22-8-12-26(13-9-22)36-33(42)29-21-46-18-17-40(29)34(43)32(23-5-3-2-4-6-23)38-47(44,45)27-14-15-27/h2-6,8-9,11-14,21-22,30,33,44H,15-20,23H2,1H3,(H,38,45)(H,39,47);5-9,11-12,14-17,20-21,29,32,44H,18-19,22H2,1-4H3,(H,38,45)(H2,39,40,47);2-6,8-9,11-13,16,19-20,27,29,32,38,41H,14-15,17-18,21H2,1H3,(H,36,42)/t30-,33+;2*29-,32+/m000/s1. The lowest BCUT2D eigenvalue weighted by Gasteiger charge is -2.37. The monoisotopic (exact) mass is 2020 g/mol. The molecule has 4 aliphatic heterocycles. The van der Waals surface area contributed by atoms with Gasteiger partial charge in [0, 0.05) is 144 Å². The zero-order chi connectivity index (χ0) is 102. The Bertz CT molecular complexity index is 7030. The number of phenolic OH excluding ortho intramolecular Hbond substituents is 3. The number of hydrogen-bond donors (Lipinski definition) is 10. The average molecular weight is 2030 g/mol. The van der Waals surface area contributed by atoms with E-state index in [0.717, 1.165) is 0 Å². The molecule has 0 spiro atoms. The molecule has 3 aromatic heterocycles. The summed E-state index contributed by atoms with van der Waals surface area (Å²) in [6.07, 6.45) is 6.36. The van der Waals surface area contributed by atoms with E-state index in [1.807, 2.05) is 32.9 Å². The Morgan fingerprint density at radius 3 is 1.04 bits per heavy atom. The Balaban J connectivity index is 0.000000163. The number of sulfonamides is 1. The van der Waals surface area contributed by atoms with Crippen LogP contribution in [0.15, 0.2) is 237 Å². The van der Waals surface area contributed by atoms with Crippen molar-refractivity contribution in [2.75, 3.05) is 102 Å². The van der Waals surface area contributed by atoms with Gasteiger partial charge in [-0.25, -0.2) is 18.0 Å². The number of carbonyl (C=O) groups excluding carboxylic acids is 8. The Kier molecular flexibility index (Phi) is 33.7. The van der Waals surface area contributed by atoms with Gasteiger partial charge >= 0.3 is 12.1 Å². The molecular weight excluding hydrogens is 1920 g/mol. The molecule has 5 fully saturated rings. The summed E-state index contributed by atoms with van der Waals surface area (Å²) in [7, 11) is 1.58. The Labute approximate surface area is 846 Å². The number of phenols is 3. The molecule has 0 radical (unpaired) electrons. The minimum atomic E-state index is -3.71. The highest BCUT2D eigenvalue weighted by molar-refractivity contribution is 7.90. The lowest BCUT2D eigenvalue weighted by Crippen LogP contribution is -2.58. The van der Waals surface area contributed by atoms with Gasteiger partial charge in [-0.3, -0.25) is 42.8 Å². The smallest absolute Gasteiger partial charge is 0.318 e. The van der Waals surface area contributed by atoms with Crippen LogP contribution in [0.2, 0.25) is 15.1 Å². The molecule has 5 aliphatic rings. The highest BCUT2D eigenvalue weighted by Crippen LogP contribution is 2.38. The number of aryl methyl sites for hydroxylation is 3. The maximum absolute atomic E-state index is 14.1. The lowest BCUT2D eigenvalue weighted by molar-refractivity contribution is -0.148. The maximum atomic E-state index is 14.1. The molecule has 0 bridgehead atoms. The van der Waals surface area contributed by atoms with Crippen LogP contribution in [0, 0.1) is 35.5 Å². The second-order valence-corrected chi connectivity index (χ2v) is 38.6. The van der Waals surface area contributed by atoms with E-state index in [9.17, 15) is 62.1 Å². The van der Waals surface area contributed by atoms with Crippen molar-refractivity contribution in [2.24, 2.45) is 21.1 Å². The molecule has 0 unspecified atom stereocenters. The molecule has 1 aliphatic carbocycles. The third-order valence-corrected chi connectivity index (χ3v) is 26.1. The van der Waals surface area contributed by atoms with E-state index < -0.39 is 98.5 Å². The Morgan fingerprint density at radius 1 is 0.403 bits per heavy atom. The highest BCUT2D eigenvalue weighted by Gasteiger charge is 2.44. The van der Waals surface area contributed by atoms with Crippen molar-refractivity contribution in [1.29, 1.82) is 0 Å². The van der Waals surface area contributed by atoms with Crippen LogP contribution in [0.25, 0.3) is 33.8 Å². The van der Waals surface area contributed by atoms with Crippen molar-refractivity contribution >= 4 is 109 Å². The van der Waals surface area contributed by atoms with Crippen LogP contribution in [-0.2, 0) is 78.9 Å². The molecule has 7 heterocycles. The molecule has 17 rings (SSSR count). The fourth-order valence-electron chi connectivity index (χ4n) is 16.1. The van der Waals surface area contributed by atoms with E-state index in [2.05, 4.69) is 87.4 Å². The van der Waals surface area contributed by atoms with Crippen molar-refractivity contribution in [2.45, 2.75) is 80.7 Å². The zero-order valence-electron chi connectivity index (χ0n) is 79.2. The van der Waals surface area contributed by atoms with Gasteiger partial charge in [0.25, 0.3) is 11.8 Å². The second kappa shape index (κ2) is 47.0. The minimum Gasteiger partial charge on any atom is -0.507 e. The van der Waals surface area contributed by atoms with Crippen LogP contribution >= 0.6 is 34.8 Å². The fourth-order valence-corrected chi connectivity index (χ4v) is 18.1. The first-order valence-corrected chi connectivity index (χ1v) is 48.8. The van der Waals surface area contributed by atoms with Gasteiger partial charge in [-0.15, -0.1) is 0 Å². The summed E-state index contributed by atoms with van der Waals surface area (Å²) in [5.74, 6) is 16.1. The quantitative estimate of drug-likeness (QED) is 0.0317. The summed E-state index contributed by atoms with van der Waals surface area (Å²) in [4.78, 5) is 114. The molecule has 144 heavy (non-hydrogen) atoms. The van der Waals surface area contributed by atoms with Gasteiger partial charge in [0.15, 0.2) is 0 Å². The zero-order valence-corrected chi connectivity index (χ0v) is 82.3. The Morgan fingerprint density at radius 2 is 0.715 bits per heavy atom. The molecule has 10 N–H and O–H groups in total. The van der Waals surface area contributed by atoms with Gasteiger partial charge in [-0.2, -0.15) is 20.0 Å². The van der Waals surface area contributed by atoms with Crippen LogP contribution in [-0.4, -0.2) is 235 Å². The first-order valence-electron chi connectivity index (χ1n) is 46.1. The third kappa shape index (κ3) is 26.9. The molecule has 34 nitrogen and oxygen atoms in total. The van der Waals surface area contributed by atoms with Gasteiger partial charge in [-0.1, -0.05) is 161 Å². The van der Waals surface area contributed by atoms with Crippen LogP contribution in [0.1, 0.15) is 102 Å². The number of urea groups is 2. The summed E-state index contributed by atoms with van der Waals surface area (Å²) >= 11 is 18.4. The van der Waals surface area contributed by atoms with Gasteiger partial charge in [0.2, 0.25) is 33.7 Å². The van der Waals surface area contributed by atoms with Crippen molar-refractivity contribution in [3.8, 4) is 86.5 Å². The number of anilines is 3. The molecule has 4 saturated heterocycles. The van der Waals surface area contributed by atoms with Crippen molar-refractivity contribution in [3.63, 3.8) is 0 Å². The molecular formula is C106H104Cl3N17O17S. The highest BCUT2D eigenvalue weighted by atomic mass is 35.5. The van der Waals surface area contributed by atoms with Crippen LogP contribution < -0.4 is 36.6 Å². The van der Waals surface area contributed by atoms with Crippen molar-refractivity contribution < 1.29 is 81.0 Å². The molecule has 9 aromatic carbocycles. The number of nitrogens with zero attached hydrogens (tertiary/aromatic N) is 10. The first-order chi connectivity index (χ1) is 69.2. The van der Waals surface area contributed by atoms with Gasteiger partial charge in [0.05, 0.1) is 74.8 Å². The van der Waals surface area contributed by atoms with Crippen LogP contribution in [0.4, 0.5) is 26.7 Å². The first kappa shape index (κ1) is 103. The number of aromatic nitrogens is 6. The van der Waals surface area contributed by atoms with E-state index in [-0.39, 0.29) is 82.6 Å². The normalized spacial score (nSPS) is 16.2. The van der Waals surface area contributed by atoms with E-state index in [1.54, 1.807) is 247 Å². The molecule has 6 atom stereocenters. The van der Waals surface area contributed by atoms with Crippen molar-refractivity contribution in [1.82, 2.24) is 69.6 Å². The summed E-state index contributed by atoms with van der Waals surface area (Å²) in [5, 5.41) is 62.4. The number of halogens is 3. The van der Waals surface area contributed by atoms with E-state index in [4.69, 9.17) is 53.8 Å². The van der Waals surface area contributed by atoms with E-state index in [0.29, 0.717) is 155 Å². The Hall–Kier alpha value is -15.3. The summed E-state index contributed by atoms with van der Waals surface area (Å²) in [6.45, 7) is 8.46. The molecule has 38 heteroatoms. The largest absolute Gasteiger partial charge is 0.507 e. The number of nitrogens with one attached hydrogen (secondary N) is 7. The third-order valence-electron chi connectivity index (χ3n) is 23.5. The number of ether oxygens (including phenoxy) is 4. The van der Waals surface area contributed by atoms with Gasteiger partial charge < -0.3 is 85.8 Å². The van der Waals surface area contributed by atoms with Crippen molar-refractivity contribution in [3.05, 3.63) is 302 Å². The number of hydrogen-bond acceptors (Lipinski definition) is 20. The average Bonchev–Trinajstić information content (AvgIpc) is 1.13. The minimum absolute atomic E-state index is 0.00640. The number of benzene rings is 9. The van der Waals surface area contributed by atoms with E-state index >= 15 is 0 Å². The molecule has 10 amide bonds. The van der Waals surface area contributed by atoms with Crippen LogP contribution in [0.5, 0.6) is 17.2 Å². The molecule has 12 aromatic rings. The number of amides is 10. The number of rotatable bonds is 20. The predicted molar refractivity (Wildman–Crippen MR) is 543 cm³/mol. The van der Waals surface area contributed by atoms with Gasteiger partial charge in [-0.05, 0) is 178 Å². The lowest BCUT2D eigenvalue weighted by atomic mass is 10.0. The summed E-state index contributed by atoms with van der Waals surface area (Å²) in [5.41, 5.74) is 9.45. The maximum Gasteiger partial charge on any atom is 0.318 e. The molecule has 742 valence electrons. The molecule has 1 saturated carbocycles. The van der Waals surface area contributed by atoms with Crippen LogP contribution in [0.3, 0.4) is 0 Å². The number of carbonyl (C=O) groups is 8. The van der Waals surface area contributed by atoms with Gasteiger partial charge in [0.1, 0.15) is 70.6 Å². The fraction of sp³-hybridized carbons (Fsp3) is 0.274. The SMILES string of the molecule is Cn1cc(C#Cc2ccc(NC(=O)[C@@H]3COCCN3C(=O)[C@H](NC(=O)N3CCOCC3)c3ccccc3)cc2)c(-c2cc(Cl)ccc2O)n1.Cn1cc(C#Cc2ccc(NC(=O)[C@@H]3COCCN3C(=O)[C@H](NC(=O)NC(C)(C)C)c3ccccc3)cc2)c(-c2cc(Cl)ccc2O)n1.Cn1cc(C#Cc2ccc(NC(=O)[C@@H]3COCCN3C(=O)[C@H](NS(=O)(=O)C3CC3)c3ccccc3)cc2)c(-c2cc(Cl)ccc2O)n1. The summed E-state index contributed by atoms with van der Waals surface area (Å²) in [6, 6.07) is 54.7. The van der Waals surface area contributed by atoms with E-state index in [1.165, 1.54) is 32.9 Å². The number of morpholine rings is 4. The second-order valence-electron chi connectivity index (χ2n) is 35.3. The number of aromatic hydroxyl groups is 3. The summed E-state index contributed by atoms with van der Waals surface area (Å²) < 4.78 is 55.3.